The summed E-state index contributed by atoms with van der Waals surface area (Å²) in [4.78, 5) is 0. The molecule has 0 N–H and O–H groups in total. The summed E-state index contributed by atoms with van der Waals surface area (Å²) < 4.78 is 32.3. The van der Waals surface area contributed by atoms with E-state index in [4.69, 9.17) is 4.42 Å². The van der Waals surface area contributed by atoms with Gasteiger partial charge in [-0.05, 0) is 5.56 Å². The van der Waals surface area contributed by atoms with Gasteiger partial charge in [0.1, 0.15) is 5.76 Å². The van der Waals surface area contributed by atoms with Crippen LogP contribution in [0, 0.1) is 11.8 Å². The molecule has 1 nitrogen and oxygen atoms in total. The van der Waals surface area contributed by atoms with Crippen molar-refractivity contribution in [2.45, 2.75) is 0 Å². The normalized spacial score (nSPS) is 10.6. The average molecular weight is 256 g/mol. The van der Waals surface area contributed by atoms with Crippen LogP contribution in [-0.4, -0.2) is 0 Å². The second-order valence-electron chi connectivity index (χ2n) is 4.13. The Balaban J connectivity index is 2.25. The maximum atomic E-state index is 13.9. The molecule has 0 aliphatic heterocycles. The largest absolute Gasteiger partial charge is 0.428 e. The fourth-order valence-electron chi connectivity index (χ4n) is 2.04. The highest BCUT2D eigenvalue weighted by atomic mass is 19.2. The van der Waals surface area contributed by atoms with Crippen LogP contribution in [0.2, 0.25) is 0 Å². The molecular formula is C16H10F2O. The summed E-state index contributed by atoms with van der Waals surface area (Å²) >= 11 is 0. The van der Waals surface area contributed by atoms with Crippen LogP contribution in [0.1, 0.15) is 0 Å². The first-order chi connectivity index (χ1) is 9.27. The SMILES string of the molecule is Fc1oc(-c2ccccc2)c(-c2ccccc2)c1F. The third kappa shape index (κ3) is 2.03. The number of rotatable bonds is 2. The van der Waals surface area contributed by atoms with Crippen LogP contribution in [-0.2, 0) is 0 Å². The quantitative estimate of drug-likeness (QED) is 0.636. The Morgan fingerprint density at radius 3 is 1.79 bits per heavy atom. The van der Waals surface area contributed by atoms with Crippen molar-refractivity contribution in [2.24, 2.45) is 0 Å². The Morgan fingerprint density at radius 2 is 1.21 bits per heavy atom. The van der Waals surface area contributed by atoms with E-state index in [1.807, 2.05) is 12.1 Å². The van der Waals surface area contributed by atoms with Gasteiger partial charge >= 0.3 is 6.01 Å². The average Bonchev–Trinajstić information content (AvgIpc) is 2.77. The summed E-state index contributed by atoms with van der Waals surface area (Å²) in [6, 6.07) is 16.6. The van der Waals surface area contributed by atoms with Gasteiger partial charge in [0.15, 0.2) is 0 Å². The highest BCUT2D eigenvalue weighted by Crippen LogP contribution is 2.37. The van der Waals surface area contributed by atoms with Gasteiger partial charge in [0.25, 0.3) is 0 Å². The van der Waals surface area contributed by atoms with Crippen LogP contribution in [0.25, 0.3) is 22.5 Å². The van der Waals surface area contributed by atoms with Crippen molar-refractivity contribution >= 4 is 0 Å². The molecule has 0 radical (unpaired) electrons. The molecule has 2 aromatic carbocycles. The zero-order chi connectivity index (χ0) is 13.2. The lowest BCUT2D eigenvalue weighted by Crippen LogP contribution is -1.83. The summed E-state index contributed by atoms with van der Waals surface area (Å²) in [5.74, 6) is -0.744. The Bertz CT molecular complexity index is 688. The highest BCUT2D eigenvalue weighted by Gasteiger charge is 2.22. The molecule has 0 saturated carbocycles. The molecule has 1 aromatic heterocycles. The van der Waals surface area contributed by atoms with E-state index in [0.717, 1.165) is 0 Å². The molecule has 19 heavy (non-hydrogen) atoms. The maximum Gasteiger partial charge on any atom is 0.315 e. The topological polar surface area (TPSA) is 13.1 Å². The van der Waals surface area contributed by atoms with Gasteiger partial charge in [-0.1, -0.05) is 60.7 Å². The van der Waals surface area contributed by atoms with Gasteiger partial charge < -0.3 is 4.42 Å². The molecule has 0 atom stereocenters. The van der Waals surface area contributed by atoms with Crippen molar-refractivity contribution in [1.82, 2.24) is 0 Å². The van der Waals surface area contributed by atoms with Gasteiger partial charge in [0.05, 0.1) is 5.56 Å². The van der Waals surface area contributed by atoms with E-state index in [1.165, 1.54) is 0 Å². The second-order valence-corrected chi connectivity index (χ2v) is 4.13. The molecule has 0 aliphatic carbocycles. The number of benzene rings is 2. The molecule has 0 aliphatic rings. The van der Waals surface area contributed by atoms with Crippen molar-refractivity contribution < 1.29 is 13.2 Å². The summed E-state index contributed by atoms with van der Waals surface area (Å²) in [5.41, 5.74) is 1.39. The summed E-state index contributed by atoms with van der Waals surface area (Å²) in [7, 11) is 0. The molecule has 1 heterocycles. The van der Waals surface area contributed by atoms with Gasteiger partial charge in [-0.25, -0.2) is 0 Å². The second kappa shape index (κ2) is 4.69. The van der Waals surface area contributed by atoms with Crippen LogP contribution >= 0.6 is 0 Å². The molecule has 94 valence electrons. The maximum absolute atomic E-state index is 13.9. The van der Waals surface area contributed by atoms with Gasteiger partial charge in [0, 0.05) is 5.56 Å². The predicted molar refractivity (Wildman–Crippen MR) is 69.5 cm³/mol. The molecule has 3 heteroatoms. The molecule has 0 spiro atoms. The number of hydrogen-bond donors (Lipinski definition) is 0. The first kappa shape index (κ1) is 11.7. The van der Waals surface area contributed by atoms with Gasteiger partial charge in [-0.3, -0.25) is 0 Å². The standard InChI is InChI=1S/C16H10F2O/c17-14-13(11-7-3-1-4-8-11)15(19-16(14)18)12-9-5-2-6-10-12/h1-10H. The molecule has 0 amide bonds. The van der Waals surface area contributed by atoms with E-state index in [9.17, 15) is 8.78 Å². The summed E-state index contributed by atoms with van der Waals surface area (Å²) in [5, 5.41) is 0. The van der Waals surface area contributed by atoms with E-state index in [-0.39, 0.29) is 11.3 Å². The lowest BCUT2D eigenvalue weighted by Gasteiger charge is -2.02. The minimum absolute atomic E-state index is 0.157. The minimum atomic E-state index is -1.18. The molecule has 0 saturated heterocycles. The lowest BCUT2D eigenvalue weighted by molar-refractivity contribution is 0.332. The van der Waals surface area contributed by atoms with Crippen molar-refractivity contribution in [2.75, 3.05) is 0 Å². The Hall–Kier alpha value is -2.42. The van der Waals surface area contributed by atoms with Crippen molar-refractivity contribution in [3.8, 4) is 22.5 Å². The van der Waals surface area contributed by atoms with E-state index in [1.54, 1.807) is 48.5 Å². The van der Waals surface area contributed by atoms with E-state index < -0.39 is 11.8 Å². The first-order valence-corrected chi connectivity index (χ1v) is 5.86. The van der Waals surface area contributed by atoms with Crippen LogP contribution in [0.15, 0.2) is 65.1 Å². The van der Waals surface area contributed by atoms with Gasteiger partial charge in [-0.15, -0.1) is 0 Å². The molecular weight excluding hydrogens is 246 g/mol. The third-order valence-corrected chi connectivity index (χ3v) is 2.91. The highest BCUT2D eigenvalue weighted by molar-refractivity contribution is 5.80. The van der Waals surface area contributed by atoms with E-state index in [0.29, 0.717) is 11.1 Å². The monoisotopic (exact) mass is 256 g/mol. The van der Waals surface area contributed by atoms with Gasteiger partial charge in [0.2, 0.25) is 5.82 Å². The molecule has 0 unspecified atom stereocenters. The summed E-state index contributed by atoms with van der Waals surface area (Å²) in [6.07, 6.45) is 0. The van der Waals surface area contributed by atoms with Crippen molar-refractivity contribution in [3.63, 3.8) is 0 Å². The zero-order valence-corrected chi connectivity index (χ0v) is 9.94. The van der Waals surface area contributed by atoms with Crippen LogP contribution in [0.5, 0.6) is 0 Å². The Labute approximate surface area is 109 Å². The molecule has 3 rings (SSSR count). The van der Waals surface area contributed by atoms with E-state index in [2.05, 4.69) is 0 Å². The van der Waals surface area contributed by atoms with E-state index >= 15 is 0 Å². The fraction of sp³-hybridized carbons (Fsp3) is 0. The Morgan fingerprint density at radius 1 is 0.684 bits per heavy atom. The fourth-order valence-corrected chi connectivity index (χ4v) is 2.04. The molecule has 0 bridgehead atoms. The third-order valence-electron chi connectivity index (χ3n) is 2.91. The number of furan rings is 1. The van der Waals surface area contributed by atoms with Gasteiger partial charge in [-0.2, -0.15) is 8.78 Å². The zero-order valence-electron chi connectivity index (χ0n) is 9.94. The lowest BCUT2D eigenvalue weighted by atomic mass is 10.0. The Kier molecular flexibility index (Phi) is 2.88. The van der Waals surface area contributed by atoms with Crippen molar-refractivity contribution in [3.05, 3.63) is 72.5 Å². The number of hydrogen-bond acceptors (Lipinski definition) is 1. The molecule has 0 fully saturated rings. The molecule has 3 aromatic rings. The number of halogens is 2. The van der Waals surface area contributed by atoms with Crippen LogP contribution in [0.4, 0.5) is 8.78 Å². The smallest absolute Gasteiger partial charge is 0.315 e. The summed E-state index contributed by atoms with van der Waals surface area (Å²) in [6.45, 7) is 0. The minimum Gasteiger partial charge on any atom is -0.428 e. The van der Waals surface area contributed by atoms with Crippen molar-refractivity contribution in [1.29, 1.82) is 0 Å². The van der Waals surface area contributed by atoms with Crippen LogP contribution in [0.3, 0.4) is 0 Å². The van der Waals surface area contributed by atoms with Crippen LogP contribution < -0.4 is 0 Å². The first-order valence-electron chi connectivity index (χ1n) is 5.86. The predicted octanol–water partition coefficient (Wildman–Crippen LogP) is 4.89.